The van der Waals surface area contributed by atoms with Gasteiger partial charge < -0.3 is 9.67 Å². The first-order valence-corrected chi connectivity index (χ1v) is 9.05. The minimum absolute atomic E-state index is 0.0844. The number of phenols is 1. The van der Waals surface area contributed by atoms with Gasteiger partial charge in [-0.15, -0.1) is 15.7 Å². The van der Waals surface area contributed by atoms with E-state index in [0.29, 0.717) is 4.80 Å². The van der Waals surface area contributed by atoms with E-state index in [4.69, 9.17) is 0 Å². The highest BCUT2D eigenvalue weighted by molar-refractivity contribution is 7.90. The second-order valence-corrected chi connectivity index (χ2v) is 8.69. The quantitative estimate of drug-likeness (QED) is 0.913. The molecule has 0 spiro atoms. The third kappa shape index (κ3) is 3.10. The molecule has 0 aliphatic rings. The van der Waals surface area contributed by atoms with Crippen molar-refractivity contribution in [2.75, 3.05) is 0 Å². The number of rotatable bonds is 2. The molecule has 0 saturated carbocycles. The molecule has 1 aromatic carbocycles. The predicted molar refractivity (Wildman–Crippen MR) is 87.6 cm³/mol. The zero-order chi connectivity index (χ0) is 16.7. The lowest BCUT2D eigenvalue weighted by atomic mass is 9.93. The number of nitrogens with zero attached hydrogens (tertiary/aromatic N) is 2. The van der Waals surface area contributed by atoms with Crippen molar-refractivity contribution in [1.82, 2.24) is 4.57 Å². The lowest BCUT2D eigenvalue weighted by Gasteiger charge is -2.17. The van der Waals surface area contributed by atoms with Crippen LogP contribution in [-0.4, -0.2) is 18.1 Å². The Morgan fingerprint density at radius 3 is 2.32 bits per heavy atom. The Hall–Kier alpha value is -1.60. The zero-order valence-corrected chi connectivity index (χ0v) is 14.9. The number of phenolic OH excluding ortho intramolecular Hbond substituents is 1. The van der Waals surface area contributed by atoms with Crippen molar-refractivity contribution in [3.63, 3.8) is 0 Å². The first-order chi connectivity index (χ1) is 10.0. The van der Waals surface area contributed by atoms with E-state index < -0.39 is 10.0 Å². The van der Waals surface area contributed by atoms with E-state index in [1.807, 2.05) is 6.92 Å². The summed E-state index contributed by atoms with van der Waals surface area (Å²) in [6.07, 6.45) is 0. The lowest BCUT2D eigenvalue weighted by Crippen LogP contribution is -2.15. The molecular formula is C15H20N2O3S2. The first-order valence-electron chi connectivity index (χ1n) is 6.80. The van der Waals surface area contributed by atoms with Crippen molar-refractivity contribution in [3.05, 3.63) is 39.6 Å². The van der Waals surface area contributed by atoms with Crippen LogP contribution in [0.5, 0.6) is 5.75 Å². The van der Waals surface area contributed by atoms with Crippen LogP contribution in [0.25, 0.3) is 0 Å². The van der Waals surface area contributed by atoms with Crippen molar-refractivity contribution >= 4 is 21.4 Å². The summed E-state index contributed by atoms with van der Waals surface area (Å²) in [6.45, 7) is 8.18. The van der Waals surface area contributed by atoms with Crippen LogP contribution < -0.4 is 4.80 Å². The highest BCUT2D eigenvalue weighted by atomic mass is 32.2. The normalized spacial score (nSPS) is 13.6. The topological polar surface area (TPSA) is 71.7 Å². The monoisotopic (exact) mass is 340 g/mol. The summed E-state index contributed by atoms with van der Waals surface area (Å²) in [6, 6.07) is 5.81. The molecule has 0 saturated heterocycles. The predicted octanol–water partition coefficient (Wildman–Crippen LogP) is 2.69. The Bertz CT molecular complexity index is 869. The summed E-state index contributed by atoms with van der Waals surface area (Å²) in [5, 5.41) is 9.74. The van der Waals surface area contributed by atoms with Gasteiger partial charge in [-0.3, -0.25) is 0 Å². The number of aromatic hydroxyl groups is 1. The van der Waals surface area contributed by atoms with Crippen LogP contribution in [0.15, 0.2) is 33.6 Å². The molecule has 0 radical (unpaired) electrons. The summed E-state index contributed by atoms with van der Waals surface area (Å²) in [7, 11) is -2.16. The van der Waals surface area contributed by atoms with Crippen LogP contribution in [0.3, 0.4) is 0 Å². The molecule has 0 bridgehead atoms. The average molecular weight is 340 g/mol. The van der Waals surface area contributed by atoms with Crippen molar-refractivity contribution in [3.8, 4) is 5.75 Å². The fourth-order valence-corrected chi connectivity index (χ4v) is 4.63. The standard InChI is InChI=1S/C15H20N2O3S2/c1-10-13(15(2,3)4)21-14(17(10)5)16-22(19,20)12-9-7-6-8-11(12)18/h6-9,18H,1-5H3. The Morgan fingerprint density at radius 2 is 1.82 bits per heavy atom. The van der Waals surface area contributed by atoms with E-state index in [1.54, 1.807) is 23.7 Å². The summed E-state index contributed by atoms with van der Waals surface area (Å²) < 4.78 is 30.5. The molecule has 0 atom stereocenters. The van der Waals surface area contributed by atoms with E-state index in [2.05, 4.69) is 25.2 Å². The largest absolute Gasteiger partial charge is 0.507 e. The molecule has 22 heavy (non-hydrogen) atoms. The minimum Gasteiger partial charge on any atom is -0.507 e. The zero-order valence-electron chi connectivity index (χ0n) is 13.3. The molecular weight excluding hydrogens is 320 g/mol. The molecule has 1 N–H and O–H groups in total. The van der Waals surface area contributed by atoms with Crippen LogP contribution in [0.2, 0.25) is 0 Å². The van der Waals surface area contributed by atoms with Crippen molar-refractivity contribution < 1.29 is 13.5 Å². The van der Waals surface area contributed by atoms with Crippen molar-refractivity contribution in [1.29, 1.82) is 0 Å². The average Bonchev–Trinajstić information content (AvgIpc) is 2.66. The second-order valence-electron chi connectivity index (χ2n) is 6.14. The van der Waals surface area contributed by atoms with Gasteiger partial charge in [0.2, 0.25) is 4.80 Å². The maximum Gasteiger partial charge on any atom is 0.288 e. The molecule has 120 valence electrons. The number of thiazole rings is 1. The lowest BCUT2D eigenvalue weighted by molar-refractivity contribution is 0.459. The molecule has 7 heteroatoms. The number of sulfonamides is 1. The first kappa shape index (κ1) is 16.8. The van der Waals surface area contributed by atoms with E-state index in [-0.39, 0.29) is 16.1 Å². The summed E-state index contributed by atoms with van der Waals surface area (Å²) in [5.74, 6) is -0.293. The number of benzene rings is 1. The number of hydrogen-bond acceptors (Lipinski definition) is 4. The maximum absolute atomic E-state index is 12.4. The second kappa shape index (κ2) is 5.55. The van der Waals surface area contributed by atoms with Gasteiger partial charge in [0.25, 0.3) is 10.0 Å². The molecule has 0 amide bonds. The summed E-state index contributed by atoms with van der Waals surface area (Å²) >= 11 is 1.36. The fourth-order valence-electron chi connectivity index (χ4n) is 2.13. The van der Waals surface area contributed by atoms with Gasteiger partial charge in [-0.2, -0.15) is 8.42 Å². The van der Waals surface area contributed by atoms with E-state index in [9.17, 15) is 13.5 Å². The number of aromatic nitrogens is 1. The molecule has 2 rings (SSSR count). The van der Waals surface area contributed by atoms with Gasteiger partial charge in [0, 0.05) is 17.6 Å². The van der Waals surface area contributed by atoms with Crippen LogP contribution in [0.4, 0.5) is 0 Å². The van der Waals surface area contributed by atoms with Gasteiger partial charge in [0.1, 0.15) is 10.6 Å². The molecule has 0 unspecified atom stereocenters. The molecule has 2 aromatic rings. The maximum atomic E-state index is 12.4. The van der Waals surface area contributed by atoms with Gasteiger partial charge in [-0.05, 0) is 24.5 Å². The van der Waals surface area contributed by atoms with Crippen molar-refractivity contribution in [2.24, 2.45) is 11.4 Å². The molecule has 5 nitrogen and oxygen atoms in total. The van der Waals surface area contributed by atoms with Gasteiger partial charge in [-0.1, -0.05) is 32.9 Å². The third-order valence-corrected chi connectivity index (χ3v) is 6.42. The molecule has 1 heterocycles. The summed E-state index contributed by atoms with van der Waals surface area (Å²) in [5.41, 5.74) is 0.905. The van der Waals surface area contributed by atoms with Gasteiger partial charge >= 0.3 is 0 Å². The highest BCUT2D eigenvalue weighted by Gasteiger charge is 2.22. The van der Waals surface area contributed by atoms with Crippen LogP contribution in [0.1, 0.15) is 31.3 Å². The van der Waals surface area contributed by atoms with E-state index >= 15 is 0 Å². The van der Waals surface area contributed by atoms with Crippen molar-refractivity contribution in [2.45, 2.75) is 38.0 Å². The summed E-state index contributed by atoms with van der Waals surface area (Å²) in [4.78, 5) is 1.30. The third-order valence-electron chi connectivity index (χ3n) is 3.33. The van der Waals surface area contributed by atoms with Crippen LogP contribution in [0, 0.1) is 6.92 Å². The number of para-hydroxylation sites is 1. The molecule has 1 aromatic heterocycles. The van der Waals surface area contributed by atoms with E-state index in [1.165, 1.54) is 23.5 Å². The molecule has 0 fully saturated rings. The highest BCUT2D eigenvalue weighted by Crippen LogP contribution is 2.28. The SMILES string of the molecule is Cc1c(C(C)(C)C)sc(=NS(=O)(=O)c2ccccc2O)n1C. The molecule has 0 aliphatic heterocycles. The Labute approximate surface area is 134 Å². The van der Waals surface area contributed by atoms with Gasteiger partial charge in [0.05, 0.1) is 0 Å². The van der Waals surface area contributed by atoms with Crippen LogP contribution in [-0.2, 0) is 22.5 Å². The Kier molecular flexibility index (Phi) is 4.23. The smallest absolute Gasteiger partial charge is 0.288 e. The fraction of sp³-hybridized carbons (Fsp3) is 0.400. The van der Waals surface area contributed by atoms with Crippen LogP contribution >= 0.6 is 11.3 Å². The minimum atomic E-state index is -3.95. The van der Waals surface area contributed by atoms with Gasteiger partial charge in [0.15, 0.2) is 0 Å². The van der Waals surface area contributed by atoms with Gasteiger partial charge in [-0.25, -0.2) is 0 Å². The Balaban J connectivity index is 2.67. The Morgan fingerprint density at radius 1 is 1.23 bits per heavy atom. The molecule has 0 aliphatic carbocycles. The van der Waals surface area contributed by atoms with E-state index in [0.717, 1.165) is 10.6 Å². The number of hydrogen-bond donors (Lipinski definition) is 1.